The zero-order valence-corrected chi connectivity index (χ0v) is 18.0. The van der Waals surface area contributed by atoms with E-state index in [1.165, 1.54) is 18.2 Å². The molecule has 0 saturated carbocycles. The van der Waals surface area contributed by atoms with Gasteiger partial charge in [0.2, 0.25) is 0 Å². The van der Waals surface area contributed by atoms with Crippen molar-refractivity contribution in [3.05, 3.63) is 40.2 Å². The molecule has 2 aromatic heterocycles. The number of nitrogens with one attached hydrogen (secondary N) is 2. The van der Waals surface area contributed by atoms with Crippen molar-refractivity contribution in [2.45, 2.75) is 39.2 Å². The lowest BCUT2D eigenvalue weighted by molar-refractivity contribution is -0.0322. The van der Waals surface area contributed by atoms with Crippen LogP contribution in [0.1, 0.15) is 23.4 Å². The third kappa shape index (κ3) is 4.07. The maximum atomic E-state index is 14.5. The summed E-state index contributed by atoms with van der Waals surface area (Å²) in [7, 11) is 0. The number of alkyl halides is 2. The Morgan fingerprint density at radius 1 is 1.26 bits per heavy atom. The Morgan fingerprint density at radius 3 is 2.71 bits per heavy atom. The third-order valence-electron chi connectivity index (χ3n) is 5.40. The molecule has 0 amide bonds. The summed E-state index contributed by atoms with van der Waals surface area (Å²) in [4.78, 5) is 9.16. The molecule has 0 radical (unpaired) electrons. The smallest absolute Gasteiger partial charge is 0.279 e. The molecule has 0 aliphatic carbocycles. The number of phenolic OH excluding ortho intramolecular Hbond substituents is 1. The van der Waals surface area contributed by atoms with Crippen LogP contribution in [0.5, 0.6) is 5.75 Å². The van der Waals surface area contributed by atoms with Crippen LogP contribution in [0.25, 0.3) is 22.6 Å². The number of nitrogens with zero attached hydrogens (tertiary/aromatic N) is 3. The van der Waals surface area contributed by atoms with Gasteiger partial charge in [0, 0.05) is 11.1 Å². The van der Waals surface area contributed by atoms with Gasteiger partial charge >= 0.3 is 0 Å². The Balaban J connectivity index is 1.90. The molecule has 3 aromatic rings. The van der Waals surface area contributed by atoms with Crippen LogP contribution in [0.4, 0.5) is 14.6 Å². The molecule has 1 fully saturated rings. The minimum Gasteiger partial charge on any atom is -0.508 e. The summed E-state index contributed by atoms with van der Waals surface area (Å²) >= 11 is 6.33. The van der Waals surface area contributed by atoms with Gasteiger partial charge in [-0.05, 0) is 51.9 Å². The van der Waals surface area contributed by atoms with E-state index in [9.17, 15) is 13.9 Å². The van der Waals surface area contributed by atoms with Crippen molar-refractivity contribution in [1.82, 2.24) is 20.4 Å². The molecule has 10 heteroatoms. The van der Waals surface area contributed by atoms with Gasteiger partial charge in [-0.25, -0.2) is 18.7 Å². The maximum Gasteiger partial charge on any atom is 0.279 e. The Morgan fingerprint density at radius 2 is 2.03 bits per heavy atom. The second kappa shape index (κ2) is 8.05. The van der Waals surface area contributed by atoms with Crippen LogP contribution in [0.15, 0.2) is 22.7 Å². The summed E-state index contributed by atoms with van der Waals surface area (Å²) in [5.41, 5.74) is 2.75. The van der Waals surface area contributed by atoms with Crippen molar-refractivity contribution in [3.8, 4) is 28.4 Å². The molecule has 1 atom stereocenters. The number of rotatable bonds is 4. The highest BCUT2D eigenvalue weighted by Gasteiger charge is 2.42. The molecule has 7 nitrogen and oxygen atoms in total. The van der Waals surface area contributed by atoms with E-state index in [1.54, 1.807) is 20.8 Å². The summed E-state index contributed by atoms with van der Waals surface area (Å²) in [5, 5.41) is 19.9. The van der Waals surface area contributed by atoms with E-state index >= 15 is 0 Å². The van der Waals surface area contributed by atoms with Crippen LogP contribution >= 0.6 is 11.6 Å². The number of hydrogen-bond donors (Lipinski definition) is 3. The molecule has 3 N–H and O–H groups in total. The fourth-order valence-corrected chi connectivity index (χ4v) is 3.91. The fraction of sp³-hybridized carbons (Fsp3) is 0.381. The predicted molar refractivity (Wildman–Crippen MR) is 114 cm³/mol. The van der Waals surface area contributed by atoms with Crippen LogP contribution in [-0.2, 0) is 0 Å². The van der Waals surface area contributed by atoms with E-state index in [0.717, 1.165) is 0 Å². The second-order valence-electron chi connectivity index (χ2n) is 7.66. The number of anilines is 1. The summed E-state index contributed by atoms with van der Waals surface area (Å²) in [5.74, 6) is -1.94. The van der Waals surface area contributed by atoms with Gasteiger partial charge in [0.25, 0.3) is 5.92 Å². The highest BCUT2D eigenvalue weighted by molar-refractivity contribution is 6.33. The number of benzene rings is 1. The molecule has 1 aliphatic heterocycles. The molecule has 1 unspecified atom stereocenters. The molecule has 1 aliphatic rings. The Bertz CT molecular complexity index is 1120. The molecule has 31 heavy (non-hydrogen) atoms. The highest BCUT2D eigenvalue weighted by Crippen LogP contribution is 2.37. The van der Waals surface area contributed by atoms with Gasteiger partial charge in [0.1, 0.15) is 17.3 Å². The van der Waals surface area contributed by atoms with E-state index in [2.05, 4.69) is 25.8 Å². The number of aryl methyl sites for hydroxylation is 2. The standard InChI is InChI=1S/C21H22ClF2N5O2/c1-10-18(17-11(2)29-31-12(17)3)27-20(14-8-13(30)4-5-15(14)22)28-19(10)26-16-6-7-25-9-21(16,23)24/h4-5,8,16,25,30H,6-7,9H2,1-3H3,(H,26,27,28). The minimum atomic E-state index is -2.94. The number of phenols is 1. The minimum absolute atomic E-state index is 0.0122. The van der Waals surface area contributed by atoms with Crippen molar-refractivity contribution < 1.29 is 18.4 Å². The topological polar surface area (TPSA) is 96.1 Å². The van der Waals surface area contributed by atoms with Crippen LogP contribution in [0.2, 0.25) is 5.02 Å². The quantitative estimate of drug-likeness (QED) is 0.540. The first-order valence-electron chi connectivity index (χ1n) is 9.83. The first kappa shape index (κ1) is 21.5. The average Bonchev–Trinajstić information content (AvgIpc) is 3.05. The largest absolute Gasteiger partial charge is 0.508 e. The molecule has 0 spiro atoms. The summed E-state index contributed by atoms with van der Waals surface area (Å²) in [6.45, 7) is 5.36. The van der Waals surface area contributed by atoms with E-state index in [0.29, 0.717) is 45.4 Å². The zero-order valence-electron chi connectivity index (χ0n) is 17.3. The summed E-state index contributed by atoms with van der Waals surface area (Å²) < 4.78 is 34.3. The van der Waals surface area contributed by atoms with Crippen molar-refractivity contribution >= 4 is 17.4 Å². The fourth-order valence-electron chi connectivity index (χ4n) is 3.71. The number of piperidine rings is 1. The molecule has 4 rings (SSSR count). The molecule has 0 bridgehead atoms. The van der Waals surface area contributed by atoms with Gasteiger partial charge in [-0.15, -0.1) is 0 Å². The van der Waals surface area contributed by atoms with Crippen molar-refractivity contribution in [2.75, 3.05) is 18.4 Å². The molecular weight excluding hydrogens is 428 g/mol. The Kier molecular flexibility index (Phi) is 5.57. The van der Waals surface area contributed by atoms with Crippen molar-refractivity contribution in [2.24, 2.45) is 0 Å². The van der Waals surface area contributed by atoms with E-state index in [1.807, 2.05) is 0 Å². The highest BCUT2D eigenvalue weighted by atomic mass is 35.5. The van der Waals surface area contributed by atoms with Gasteiger partial charge < -0.3 is 20.3 Å². The lowest BCUT2D eigenvalue weighted by Gasteiger charge is -2.33. The molecule has 1 aromatic carbocycles. The lowest BCUT2D eigenvalue weighted by Crippen LogP contribution is -2.53. The van der Waals surface area contributed by atoms with Gasteiger partial charge in [0.05, 0.1) is 34.6 Å². The van der Waals surface area contributed by atoms with E-state index < -0.39 is 18.5 Å². The van der Waals surface area contributed by atoms with Gasteiger partial charge in [-0.2, -0.15) is 0 Å². The number of hydrogen-bond acceptors (Lipinski definition) is 7. The van der Waals surface area contributed by atoms with Crippen LogP contribution in [0.3, 0.4) is 0 Å². The monoisotopic (exact) mass is 449 g/mol. The van der Waals surface area contributed by atoms with Gasteiger partial charge in [0.15, 0.2) is 5.82 Å². The maximum absolute atomic E-state index is 14.5. The molecular formula is C21H22ClF2N5O2. The van der Waals surface area contributed by atoms with Crippen LogP contribution < -0.4 is 10.6 Å². The van der Waals surface area contributed by atoms with E-state index in [-0.39, 0.29) is 23.8 Å². The van der Waals surface area contributed by atoms with Gasteiger partial charge in [-0.3, -0.25) is 0 Å². The molecule has 164 valence electrons. The third-order valence-corrected chi connectivity index (χ3v) is 5.73. The second-order valence-corrected chi connectivity index (χ2v) is 8.06. The van der Waals surface area contributed by atoms with Crippen molar-refractivity contribution in [3.63, 3.8) is 0 Å². The van der Waals surface area contributed by atoms with Crippen LogP contribution in [-0.4, -0.2) is 45.3 Å². The number of aromatic nitrogens is 3. The molecule has 1 saturated heterocycles. The summed E-state index contributed by atoms with van der Waals surface area (Å²) in [6.07, 6.45) is 0.235. The molecule has 3 heterocycles. The van der Waals surface area contributed by atoms with E-state index in [4.69, 9.17) is 16.1 Å². The Labute approximate surface area is 182 Å². The first-order chi connectivity index (χ1) is 14.7. The number of aromatic hydroxyl groups is 1. The predicted octanol–water partition coefficient (Wildman–Crippen LogP) is 4.49. The lowest BCUT2D eigenvalue weighted by atomic mass is 10.0. The average molecular weight is 450 g/mol. The van der Waals surface area contributed by atoms with Crippen molar-refractivity contribution in [1.29, 1.82) is 0 Å². The summed E-state index contributed by atoms with van der Waals surface area (Å²) in [6, 6.07) is 3.32. The number of halogens is 3. The zero-order chi connectivity index (χ0) is 22.3. The van der Waals surface area contributed by atoms with Crippen LogP contribution in [0, 0.1) is 20.8 Å². The SMILES string of the molecule is Cc1noc(C)c1-c1nc(-c2cc(O)ccc2Cl)nc(NC2CCNCC2(F)F)c1C. The first-order valence-corrected chi connectivity index (χ1v) is 10.2. The Hall–Kier alpha value is -2.78. The van der Waals surface area contributed by atoms with Gasteiger partial charge in [-0.1, -0.05) is 16.8 Å². The normalized spacial score (nSPS) is 18.2.